The van der Waals surface area contributed by atoms with Crippen LogP contribution in [-0.2, 0) is 24.3 Å². The molecule has 1 heterocycles. The summed E-state index contributed by atoms with van der Waals surface area (Å²) in [6, 6.07) is 3.68. The van der Waals surface area contributed by atoms with Gasteiger partial charge in [-0.2, -0.15) is 0 Å². The van der Waals surface area contributed by atoms with Crippen LogP contribution in [0.15, 0.2) is 12.1 Å². The zero-order valence-corrected chi connectivity index (χ0v) is 9.45. The quantitative estimate of drug-likeness (QED) is 0.544. The van der Waals surface area contributed by atoms with Gasteiger partial charge in [-0.3, -0.25) is 4.79 Å². The van der Waals surface area contributed by atoms with E-state index in [1.807, 2.05) is 13.0 Å². The topological polar surface area (TPSA) is 26.3 Å². The van der Waals surface area contributed by atoms with Crippen molar-refractivity contribution in [1.29, 1.82) is 0 Å². The van der Waals surface area contributed by atoms with Crippen LogP contribution in [0, 0.1) is 6.92 Å². The Balaban J connectivity index is 0.000000810. The fourth-order valence-electron chi connectivity index (χ4n) is 0.523. The van der Waals surface area contributed by atoms with Crippen molar-refractivity contribution < 1.29 is 29.0 Å². The molecule has 0 aliphatic rings. The minimum absolute atomic E-state index is 0. The molecule has 0 saturated carbocycles. The van der Waals surface area contributed by atoms with Gasteiger partial charge >= 0.3 is 0 Å². The molecule has 0 aromatic carbocycles. The molecule has 1 aromatic heterocycles. The number of ether oxygens (including phenoxy) is 1. The molecule has 0 atom stereocenters. The Morgan fingerprint density at radius 1 is 1.60 bits per heavy atom. The van der Waals surface area contributed by atoms with E-state index in [2.05, 4.69) is 4.74 Å². The first kappa shape index (κ1) is 9.79. The van der Waals surface area contributed by atoms with E-state index < -0.39 is 0 Å². The van der Waals surface area contributed by atoms with Crippen LogP contribution in [0.3, 0.4) is 0 Å². The average Bonchev–Trinajstić information content (AvgIpc) is 2.17. The van der Waals surface area contributed by atoms with Crippen molar-refractivity contribution in [3.05, 3.63) is 17.0 Å². The molecule has 4 heteroatoms. The Morgan fingerprint density at radius 2 is 2.30 bits per heavy atom. The third-order valence-corrected chi connectivity index (χ3v) is 1.77. The Morgan fingerprint density at radius 3 is 2.70 bits per heavy atom. The van der Waals surface area contributed by atoms with Crippen LogP contribution in [0.2, 0.25) is 0 Å². The molecule has 0 amide bonds. The molecular weight excluding hydrogens is 202 g/mol. The van der Waals surface area contributed by atoms with Crippen molar-refractivity contribution in [3.63, 3.8) is 0 Å². The SMILES string of the molecule is Cc1ccc(OC=O)s1.[Zn]. The first-order valence-electron chi connectivity index (χ1n) is 2.49. The summed E-state index contributed by atoms with van der Waals surface area (Å²) in [5.74, 6) is 0. The van der Waals surface area contributed by atoms with E-state index in [0.717, 1.165) is 4.88 Å². The first-order chi connectivity index (χ1) is 4.33. The second-order valence-electron chi connectivity index (χ2n) is 1.58. The zero-order chi connectivity index (χ0) is 6.69. The minimum Gasteiger partial charge on any atom is -0.418 e. The maximum absolute atomic E-state index is 9.77. The molecule has 0 unspecified atom stereocenters. The molecule has 2 nitrogen and oxygen atoms in total. The van der Waals surface area contributed by atoms with Gasteiger partial charge in [0.1, 0.15) is 0 Å². The molecule has 0 saturated heterocycles. The van der Waals surface area contributed by atoms with Crippen LogP contribution in [-0.4, -0.2) is 6.47 Å². The van der Waals surface area contributed by atoms with Gasteiger partial charge in [-0.15, -0.1) is 11.3 Å². The second kappa shape index (κ2) is 4.58. The van der Waals surface area contributed by atoms with Gasteiger partial charge in [-0.05, 0) is 19.1 Å². The number of hydrogen-bond donors (Lipinski definition) is 0. The Labute approximate surface area is 76.0 Å². The summed E-state index contributed by atoms with van der Waals surface area (Å²) in [6.07, 6.45) is 0. The summed E-state index contributed by atoms with van der Waals surface area (Å²) in [6.45, 7) is 2.40. The predicted molar refractivity (Wildman–Crippen MR) is 35.7 cm³/mol. The summed E-state index contributed by atoms with van der Waals surface area (Å²) in [5, 5.41) is 0.655. The molecular formula is C6H6O2SZn. The van der Waals surface area contributed by atoms with Gasteiger partial charge in [0.25, 0.3) is 6.47 Å². The van der Waals surface area contributed by atoms with Crippen LogP contribution < -0.4 is 4.74 Å². The van der Waals surface area contributed by atoms with Crippen molar-refractivity contribution in [2.45, 2.75) is 6.92 Å². The molecule has 0 aliphatic heterocycles. The van der Waals surface area contributed by atoms with Gasteiger partial charge in [0.05, 0.1) is 0 Å². The van der Waals surface area contributed by atoms with E-state index in [4.69, 9.17) is 0 Å². The summed E-state index contributed by atoms with van der Waals surface area (Å²) in [4.78, 5) is 10.9. The predicted octanol–water partition coefficient (Wildman–Crippen LogP) is 1.59. The second-order valence-corrected chi connectivity index (χ2v) is 2.83. The number of rotatable bonds is 2. The van der Waals surface area contributed by atoms with E-state index in [9.17, 15) is 4.79 Å². The van der Waals surface area contributed by atoms with Gasteiger partial charge in [-0.25, -0.2) is 0 Å². The largest absolute Gasteiger partial charge is 0.418 e. The summed E-state index contributed by atoms with van der Waals surface area (Å²) in [5.41, 5.74) is 0. The number of thiophene rings is 1. The summed E-state index contributed by atoms with van der Waals surface area (Å²) in [7, 11) is 0. The fraction of sp³-hybridized carbons (Fsp3) is 0.167. The van der Waals surface area contributed by atoms with Crippen LogP contribution in [0.4, 0.5) is 0 Å². The van der Waals surface area contributed by atoms with E-state index in [1.54, 1.807) is 6.07 Å². The van der Waals surface area contributed by atoms with E-state index in [-0.39, 0.29) is 19.5 Å². The van der Waals surface area contributed by atoms with Gasteiger partial charge in [0, 0.05) is 24.4 Å². The molecule has 1 aromatic rings. The number of hydrogen-bond acceptors (Lipinski definition) is 3. The number of carbonyl (C=O) groups is 1. The Hall–Kier alpha value is -0.207. The van der Waals surface area contributed by atoms with Gasteiger partial charge < -0.3 is 4.74 Å². The normalized spacial score (nSPS) is 8.10. The van der Waals surface area contributed by atoms with Crippen molar-refractivity contribution in [2.24, 2.45) is 0 Å². The minimum atomic E-state index is 0. The third-order valence-electron chi connectivity index (χ3n) is 0.880. The monoisotopic (exact) mass is 206 g/mol. The van der Waals surface area contributed by atoms with E-state index in [1.165, 1.54) is 11.3 Å². The maximum atomic E-state index is 9.77. The summed E-state index contributed by atoms with van der Waals surface area (Å²) < 4.78 is 4.56. The van der Waals surface area contributed by atoms with Crippen molar-refractivity contribution in [2.75, 3.05) is 0 Å². The molecule has 0 bridgehead atoms. The van der Waals surface area contributed by atoms with Crippen LogP contribution in [0.5, 0.6) is 5.06 Å². The Bertz CT molecular complexity index is 209. The fourth-order valence-corrected chi connectivity index (χ4v) is 1.20. The average molecular weight is 208 g/mol. The van der Waals surface area contributed by atoms with Crippen LogP contribution in [0.25, 0.3) is 0 Å². The summed E-state index contributed by atoms with van der Waals surface area (Å²) >= 11 is 1.46. The standard InChI is InChI=1S/C6H6O2S.Zn/c1-5-2-3-6(9-5)8-4-7;/h2-4H,1H3;. The number of aryl methyl sites for hydroxylation is 1. The molecule has 0 radical (unpaired) electrons. The molecule has 1 rings (SSSR count). The van der Waals surface area contributed by atoms with E-state index in [0.29, 0.717) is 11.5 Å². The van der Waals surface area contributed by atoms with Crippen molar-refractivity contribution >= 4 is 17.8 Å². The molecule has 0 N–H and O–H groups in total. The van der Waals surface area contributed by atoms with E-state index >= 15 is 0 Å². The van der Waals surface area contributed by atoms with Crippen LogP contribution >= 0.6 is 11.3 Å². The zero-order valence-electron chi connectivity index (χ0n) is 5.66. The first-order valence-corrected chi connectivity index (χ1v) is 3.31. The van der Waals surface area contributed by atoms with Gasteiger partial charge in [0.15, 0.2) is 5.06 Å². The van der Waals surface area contributed by atoms with Crippen molar-refractivity contribution in [3.8, 4) is 5.06 Å². The molecule has 0 spiro atoms. The van der Waals surface area contributed by atoms with Crippen molar-refractivity contribution in [1.82, 2.24) is 0 Å². The third kappa shape index (κ3) is 2.59. The molecule has 0 fully saturated rings. The molecule has 0 aliphatic carbocycles. The molecule has 10 heavy (non-hydrogen) atoms. The van der Waals surface area contributed by atoms with Crippen LogP contribution in [0.1, 0.15) is 4.88 Å². The van der Waals surface area contributed by atoms with Gasteiger partial charge in [0.2, 0.25) is 0 Å². The molecule has 50 valence electrons. The van der Waals surface area contributed by atoms with Gasteiger partial charge in [-0.1, -0.05) is 0 Å². The Kier molecular flexibility index (Phi) is 4.49. The maximum Gasteiger partial charge on any atom is 0.299 e. The number of carbonyl (C=O) groups excluding carboxylic acids is 1. The smallest absolute Gasteiger partial charge is 0.299 e.